The zero-order chi connectivity index (χ0) is 8.43. The molecule has 0 aromatic rings. The lowest BCUT2D eigenvalue weighted by molar-refractivity contribution is -0.135. The Morgan fingerprint density at radius 2 is 2.00 bits per heavy atom. The van der Waals surface area contributed by atoms with E-state index in [1.165, 1.54) is 6.92 Å². The standard InChI is InChI=1S/C8H13NO2/c1-6(10)8-4-3-5-9(8)7(2)11/h8H,3-5H2,1-2H3. The summed E-state index contributed by atoms with van der Waals surface area (Å²) in [6, 6.07) is -0.132. The van der Waals surface area contributed by atoms with Gasteiger partial charge in [-0.05, 0) is 19.8 Å². The van der Waals surface area contributed by atoms with Crippen LogP contribution in [0.3, 0.4) is 0 Å². The summed E-state index contributed by atoms with van der Waals surface area (Å²) in [5.74, 6) is 0.125. The van der Waals surface area contributed by atoms with Gasteiger partial charge in [-0.25, -0.2) is 0 Å². The number of hydrogen-bond acceptors (Lipinski definition) is 2. The molecular weight excluding hydrogens is 142 g/mol. The molecule has 0 aromatic carbocycles. The van der Waals surface area contributed by atoms with E-state index < -0.39 is 0 Å². The number of nitrogens with zero attached hydrogens (tertiary/aromatic N) is 1. The zero-order valence-corrected chi connectivity index (χ0v) is 6.96. The summed E-state index contributed by atoms with van der Waals surface area (Å²) in [4.78, 5) is 23.6. The lowest BCUT2D eigenvalue weighted by Gasteiger charge is -2.20. The van der Waals surface area contributed by atoms with Crippen LogP contribution in [0.5, 0.6) is 0 Å². The van der Waals surface area contributed by atoms with Crippen LogP contribution >= 0.6 is 0 Å². The van der Waals surface area contributed by atoms with Crippen molar-refractivity contribution in [2.75, 3.05) is 6.54 Å². The van der Waals surface area contributed by atoms with Gasteiger partial charge in [0, 0.05) is 13.5 Å². The molecule has 0 N–H and O–H groups in total. The Labute approximate surface area is 66.4 Å². The SMILES string of the molecule is CC(=O)C1CCCN1C(C)=O. The van der Waals surface area contributed by atoms with E-state index in [2.05, 4.69) is 0 Å². The summed E-state index contributed by atoms with van der Waals surface area (Å²) in [5, 5.41) is 0. The van der Waals surface area contributed by atoms with Crippen LogP contribution < -0.4 is 0 Å². The van der Waals surface area contributed by atoms with Crippen molar-refractivity contribution in [3.8, 4) is 0 Å². The third-order valence-corrected chi connectivity index (χ3v) is 2.13. The van der Waals surface area contributed by atoms with Gasteiger partial charge >= 0.3 is 0 Å². The summed E-state index contributed by atoms with van der Waals surface area (Å²) in [6.45, 7) is 3.81. The van der Waals surface area contributed by atoms with E-state index in [0.29, 0.717) is 0 Å². The van der Waals surface area contributed by atoms with E-state index >= 15 is 0 Å². The molecular formula is C8H13NO2. The van der Waals surface area contributed by atoms with Crippen molar-refractivity contribution in [2.45, 2.75) is 32.7 Å². The van der Waals surface area contributed by atoms with Crippen LogP contribution in [0.2, 0.25) is 0 Å². The molecule has 1 heterocycles. The van der Waals surface area contributed by atoms with E-state index in [0.717, 1.165) is 19.4 Å². The van der Waals surface area contributed by atoms with Gasteiger partial charge in [0.2, 0.25) is 5.91 Å². The molecule has 0 spiro atoms. The molecule has 1 aliphatic rings. The van der Waals surface area contributed by atoms with E-state index in [4.69, 9.17) is 0 Å². The second-order valence-corrected chi connectivity index (χ2v) is 2.98. The molecule has 1 atom stereocenters. The average Bonchev–Trinajstić information content (AvgIpc) is 2.32. The number of ketones is 1. The van der Waals surface area contributed by atoms with Crippen molar-refractivity contribution in [1.82, 2.24) is 4.90 Å². The van der Waals surface area contributed by atoms with E-state index in [-0.39, 0.29) is 17.7 Å². The van der Waals surface area contributed by atoms with Crippen LogP contribution in [-0.2, 0) is 9.59 Å². The largest absolute Gasteiger partial charge is 0.333 e. The number of hydrogen-bond donors (Lipinski definition) is 0. The molecule has 0 bridgehead atoms. The molecule has 0 radical (unpaired) electrons. The van der Waals surface area contributed by atoms with Crippen LogP contribution in [0.4, 0.5) is 0 Å². The number of likely N-dealkylation sites (tertiary alicyclic amines) is 1. The normalized spacial score (nSPS) is 23.8. The summed E-state index contributed by atoms with van der Waals surface area (Å²) in [6.07, 6.45) is 1.80. The van der Waals surface area contributed by atoms with Crippen LogP contribution in [0.15, 0.2) is 0 Å². The third-order valence-electron chi connectivity index (χ3n) is 2.13. The highest BCUT2D eigenvalue weighted by Crippen LogP contribution is 2.17. The van der Waals surface area contributed by atoms with Crippen LogP contribution in [0.25, 0.3) is 0 Å². The number of amides is 1. The van der Waals surface area contributed by atoms with Crippen molar-refractivity contribution in [3.63, 3.8) is 0 Å². The first kappa shape index (κ1) is 8.24. The second-order valence-electron chi connectivity index (χ2n) is 2.98. The predicted octanol–water partition coefficient (Wildman–Crippen LogP) is 0.586. The van der Waals surface area contributed by atoms with Crippen molar-refractivity contribution in [1.29, 1.82) is 0 Å². The predicted molar refractivity (Wildman–Crippen MR) is 41.1 cm³/mol. The molecule has 0 saturated carbocycles. The topological polar surface area (TPSA) is 37.4 Å². The maximum Gasteiger partial charge on any atom is 0.220 e. The number of carbonyl (C=O) groups is 2. The van der Waals surface area contributed by atoms with Crippen LogP contribution in [-0.4, -0.2) is 29.2 Å². The summed E-state index contributed by atoms with van der Waals surface area (Å²) in [5.41, 5.74) is 0. The van der Waals surface area contributed by atoms with Crippen molar-refractivity contribution in [2.24, 2.45) is 0 Å². The minimum atomic E-state index is -0.132. The third kappa shape index (κ3) is 1.59. The van der Waals surface area contributed by atoms with Gasteiger partial charge in [-0.1, -0.05) is 0 Å². The van der Waals surface area contributed by atoms with Crippen molar-refractivity contribution in [3.05, 3.63) is 0 Å². The minimum Gasteiger partial charge on any atom is -0.333 e. The zero-order valence-electron chi connectivity index (χ0n) is 6.96. The van der Waals surface area contributed by atoms with Crippen molar-refractivity contribution < 1.29 is 9.59 Å². The Balaban J connectivity index is 2.65. The number of carbonyl (C=O) groups excluding carboxylic acids is 2. The Morgan fingerprint density at radius 1 is 1.36 bits per heavy atom. The van der Waals surface area contributed by atoms with E-state index in [1.807, 2.05) is 0 Å². The monoisotopic (exact) mass is 155 g/mol. The Hall–Kier alpha value is -0.860. The molecule has 1 aliphatic heterocycles. The summed E-state index contributed by atoms with van der Waals surface area (Å²) < 4.78 is 0. The van der Waals surface area contributed by atoms with Gasteiger partial charge in [0.1, 0.15) is 0 Å². The number of rotatable bonds is 1. The second kappa shape index (κ2) is 3.03. The highest BCUT2D eigenvalue weighted by molar-refractivity contribution is 5.87. The average molecular weight is 155 g/mol. The Kier molecular flexibility index (Phi) is 2.27. The molecule has 11 heavy (non-hydrogen) atoms. The summed E-state index contributed by atoms with van der Waals surface area (Å²) in [7, 11) is 0. The van der Waals surface area contributed by atoms with Crippen LogP contribution in [0, 0.1) is 0 Å². The Morgan fingerprint density at radius 3 is 2.36 bits per heavy atom. The first-order valence-corrected chi connectivity index (χ1v) is 3.90. The molecule has 3 nitrogen and oxygen atoms in total. The molecule has 1 fully saturated rings. The summed E-state index contributed by atoms with van der Waals surface area (Å²) >= 11 is 0. The highest BCUT2D eigenvalue weighted by Gasteiger charge is 2.29. The molecule has 1 rings (SSSR count). The Bertz CT molecular complexity index is 169. The minimum absolute atomic E-state index is 0.0164. The first-order valence-electron chi connectivity index (χ1n) is 3.90. The molecule has 0 aromatic heterocycles. The first-order chi connectivity index (χ1) is 5.13. The van der Waals surface area contributed by atoms with Gasteiger partial charge in [0.25, 0.3) is 0 Å². The molecule has 62 valence electrons. The molecule has 3 heteroatoms. The van der Waals surface area contributed by atoms with Crippen LogP contribution in [0.1, 0.15) is 26.7 Å². The van der Waals surface area contributed by atoms with Crippen molar-refractivity contribution >= 4 is 11.7 Å². The number of Topliss-reactive ketones (excluding diaryl/α,β-unsaturated/α-hetero) is 1. The van der Waals surface area contributed by atoms with Gasteiger partial charge in [-0.2, -0.15) is 0 Å². The maximum atomic E-state index is 11.0. The highest BCUT2D eigenvalue weighted by atomic mass is 16.2. The maximum absolute atomic E-state index is 11.0. The molecule has 1 amide bonds. The molecule has 0 aliphatic carbocycles. The van der Waals surface area contributed by atoms with Gasteiger partial charge in [0.15, 0.2) is 5.78 Å². The van der Waals surface area contributed by atoms with Gasteiger partial charge in [-0.3, -0.25) is 9.59 Å². The lowest BCUT2D eigenvalue weighted by Crippen LogP contribution is -2.37. The lowest BCUT2D eigenvalue weighted by atomic mass is 10.1. The van der Waals surface area contributed by atoms with Gasteiger partial charge < -0.3 is 4.90 Å². The van der Waals surface area contributed by atoms with E-state index in [9.17, 15) is 9.59 Å². The fraction of sp³-hybridized carbons (Fsp3) is 0.750. The van der Waals surface area contributed by atoms with E-state index in [1.54, 1.807) is 11.8 Å². The quantitative estimate of drug-likeness (QED) is 0.555. The fourth-order valence-electron chi connectivity index (χ4n) is 1.57. The smallest absolute Gasteiger partial charge is 0.220 e. The molecule has 1 saturated heterocycles. The van der Waals surface area contributed by atoms with Gasteiger partial charge in [-0.15, -0.1) is 0 Å². The molecule has 1 unspecified atom stereocenters. The fourth-order valence-corrected chi connectivity index (χ4v) is 1.57. The van der Waals surface area contributed by atoms with Gasteiger partial charge in [0.05, 0.1) is 6.04 Å².